The van der Waals surface area contributed by atoms with Crippen LogP contribution in [-0.2, 0) is 14.4 Å². The Morgan fingerprint density at radius 2 is 1.81 bits per heavy atom. The number of Topliss-reactive ketones (excluding diaryl/α,β-unsaturated/α-hetero) is 2. The number of rotatable bonds is 1. The molecule has 5 unspecified atom stereocenters. The number of carbonyl (C=O) groups is 3. The summed E-state index contributed by atoms with van der Waals surface area (Å²) in [6.45, 7) is 10.1. The van der Waals surface area contributed by atoms with E-state index in [9.17, 15) is 24.6 Å². The first kappa shape index (κ1) is 23.5. The molecule has 1 aliphatic rings. The van der Waals surface area contributed by atoms with E-state index in [0.29, 0.717) is 0 Å². The highest BCUT2D eigenvalue weighted by molar-refractivity contribution is 5.90. The highest BCUT2D eigenvalue weighted by Crippen LogP contribution is 2.31. The van der Waals surface area contributed by atoms with Gasteiger partial charge in [0.05, 0.1) is 24.0 Å². The molecule has 1 heterocycles. The van der Waals surface area contributed by atoms with Gasteiger partial charge in [-0.15, -0.1) is 0 Å². The van der Waals surface area contributed by atoms with Crippen LogP contribution in [0.3, 0.4) is 0 Å². The third-order valence-corrected chi connectivity index (χ3v) is 5.79. The van der Waals surface area contributed by atoms with E-state index < -0.39 is 35.5 Å². The molecule has 0 aliphatic carbocycles. The Hall–Kier alpha value is -1.53. The topological polar surface area (TPSA) is 104 Å². The highest BCUT2D eigenvalue weighted by atomic mass is 16.3. The second-order valence-electron chi connectivity index (χ2n) is 8.62. The maximum absolute atomic E-state index is 12.9. The van der Waals surface area contributed by atoms with Gasteiger partial charge >= 0.3 is 0 Å². The maximum atomic E-state index is 12.9. The molecule has 6 heteroatoms. The lowest BCUT2D eigenvalue weighted by atomic mass is 9.73. The number of carbonyl (C=O) groups excluding carboxylic acids is 3. The van der Waals surface area contributed by atoms with Crippen molar-refractivity contribution >= 4 is 17.5 Å². The Labute approximate surface area is 162 Å². The van der Waals surface area contributed by atoms with Crippen LogP contribution < -0.4 is 5.32 Å². The number of hydrogen-bond donors (Lipinski definition) is 3. The van der Waals surface area contributed by atoms with Crippen LogP contribution >= 0.6 is 0 Å². The fourth-order valence-corrected chi connectivity index (χ4v) is 3.56. The van der Waals surface area contributed by atoms with Gasteiger partial charge in [0.15, 0.2) is 5.78 Å². The van der Waals surface area contributed by atoms with Crippen LogP contribution in [0.2, 0.25) is 0 Å². The number of hydrogen-bond acceptors (Lipinski definition) is 5. The molecule has 0 fully saturated rings. The standard InChI is InChI=1S/C21H35NO5/c1-12-8-7-9-13(2)19(26)14(3)20(27)21(5,6)17(24)11-18(25)22-16(10-12)15(4)23/h10,13-14,16-17,19,24,26H,7-9,11H2,1-6H3,(H,22,25)/b12-10-. The van der Waals surface area contributed by atoms with Crippen molar-refractivity contribution in [3.05, 3.63) is 11.6 Å². The molecule has 5 atom stereocenters. The second kappa shape index (κ2) is 9.60. The number of aliphatic hydroxyl groups excluding tert-OH is 2. The number of nitrogens with one attached hydrogen (secondary N) is 1. The first-order chi connectivity index (χ1) is 12.4. The average Bonchev–Trinajstić information content (AvgIpc) is 2.57. The molecule has 1 aliphatic heterocycles. The van der Waals surface area contributed by atoms with Gasteiger partial charge in [-0.2, -0.15) is 0 Å². The zero-order valence-corrected chi connectivity index (χ0v) is 17.4. The van der Waals surface area contributed by atoms with Crippen molar-refractivity contribution in [2.75, 3.05) is 0 Å². The molecule has 0 saturated carbocycles. The van der Waals surface area contributed by atoms with E-state index in [4.69, 9.17) is 0 Å². The van der Waals surface area contributed by atoms with E-state index in [1.807, 2.05) is 13.8 Å². The third kappa shape index (κ3) is 6.25. The molecule has 6 nitrogen and oxygen atoms in total. The van der Waals surface area contributed by atoms with Crippen molar-refractivity contribution in [3.63, 3.8) is 0 Å². The van der Waals surface area contributed by atoms with Crippen LogP contribution in [0.25, 0.3) is 0 Å². The molecule has 0 radical (unpaired) electrons. The van der Waals surface area contributed by atoms with Gasteiger partial charge in [-0.3, -0.25) is 14.4 Å². The lowest BCUT2D eigenvalue weighted by Crippen LogP contribution is -2.47. The smallest absolute Gasteiger partial charge is 0.223 e. The number of ketones is 2. The van der Waals surface area contributed by atoms with Crippen molar-refractivity contribution < 1.29 is 24.6 Å². The minimum Gasteiger partial charge on any atom is -0.392 e. The summed E-state index contributed by atoms with van der Waals surface area (Å²) >= 11 is 0. The molecular formula is C21H35NO5. The van der Waals surface area contributed by atoms with Gasteiger partial charge in [-0.1, -0.05) is 39.3 Å². The zero-order valence-electron chi connectivity index (χ0n) is 17.4. The molecule has 1 rings (SSSR count). The average molecular weight is 382 g/mol. The van der Waals surface area contributed by atoms with Crippen LogP contribution in [0.5, 0.6) is 0 Å². The molecule has 1 amide bonds. The van der Waals surface area contributed by atoms with Crippen molar-refractivity contribution in [3.8, 4) is 0 Å². The van der Waals surface area contributed by atoms with E-state index in [-0.39, 0.29) is 23.9 Å². The number of allylic oxidation sites excluding steroid dienone is 1. The van der Waals surface area contributed by atoms with Gasteiger partial charge in [-0.25, -0.2) is 0 Å². The normalized spacial score (nSPS) is 36.0. The van der Waals surface area contributed by atoms with Crippen LogP contribution in [0, 0.1) is 17.3 Å². The Balaban J connectivity index is 3.18. The Morgan fingerprint density at radius 3 is 2.37 bits per heavy atom. The molecule has 0 saturated heterocycles. The van der Waals surface area contributed by atoms with Crippen molar-refractivity contribution in [1.29, 1.82) is 0 Å². The summed E-state index contributed by atoms with van der Waals surface area (Å²) in [7, 11) is 0. The van der Waals surface area contributed by atoms with Gasteiger partial charge in [0.25, 0.3) is 0 Å². The maximum Gasteiger partial charge on any atom is 0.223 e. The van der Waals surface area contributed by atoms with Gasteiger partial charge in [0, 0.05) is 5.92 Å². The quantitative estimate of drug-likeness (QED) is 0.604. The first-order valence-electron chi connectivity index (χ1n) is 9.75. The summed E-state index contributed by atoms with van der Waals surface area (Å²) in [4.78, 5) is 37.1. The summed E-state index contributed by atoms with van der Waals surface area (Å²) in [6.07, 6.45) is 1.73. The van der Waals surface area contributed by atoms with Crippen molar-refractivity contribution in [2.45, 2.75) is 85.5 Å². The SMILES string of the molecule is CC(=O)C1/C=C(/C)CCCC(C)C(O)C(C)C(=O)C(C)(C)C(O)CC(=O)N1. The lowest BCUT2D eigenvalue weighted by Gasteiger charge is -2.34. The van der Waals surface area contributed by atoms with Gasteiger partial charge in [0.2, 0.25) is 5.91 Å². The monoisotopic (exact) mass is 381 g/mol. The number of amides is 1. The second-order valence-corrected chi connectivity index (χ2v) is 8.62. The predicted octanol–water partition coefficient (Wildman–Crippen LogP) is 2.17. The molecule has 154 valence electrons. The van der Waals surface area contributed by atoms with Crippen LogP contribution in [0.15, 0.2) is 11.6 Å². The summed E-state index contributed by atoms with van der Waals surface area (Å²) in [5.41, 5.74) is -0.202. The zero-order chi connectivity index (χ0) is 20.9. The van der Waals surface area contributed by atoms with E-state index in [2.05, 4.69) is 5.32 Å². The lowest BCUT2D eigenvalue weighted by molar-refractivity contribution is -0.143. The highest BCUT2D eigenvalue weighted by Gasteiger charge is 2.42. The summed E-state index contributed by atoms with van der Waals surface area (Å²) < 4.78 is 0. The van der Waals surface area contributed by atoms with E-state index in [1.165, 1.54) is 6.92 Å². The fraction of sp³-hybridized carbons (Fsp3) is 0.762. The molecule has 0 aromatic rings. The van der Waals surface area contributed by atoms with Crippen molar-refractivity contribution in [1.82, 2.24) is 5.32 Å². The van der Waals surface area contributed by atoms with Crippen molar-refractivity contribution in [2.24, 2.45) is 17.3 Å². The number of aliphatic hydroxyl groups is 2. The van der Waals surface area contributed by atoms with Gasteiger partial charge < -0.3 is 15.5 Å². The molecular weight excluding hydrogens is 346 g/mol. The van der Waals surface area contributed by atoms with Crippen LogP contribution in [0.1, 0.15) is 67.2 Å². The van der Waals surface area contributed by atoms with Crippen LogP contribution in [0.4, 0.5) is 0 Å². The Bertz CT molecular complexity index is 595. The minimum absolute atomic E-state index is 0.0711. The molecule has 0 bridgehead atoms. The first-order valence-corrected chi connectivity index (χ1v) is 9.75. The summed E-state index contributed by atoms with van der Waals surface area (Å²) in [5.74, 6) is -1.65. The Morgan fingerprint density at radius 1 is 1.22 bits per heavy atom. The molecule has 0 spiro atoms. The van der Waals surface area contributed by atoms with Gasteiger partial charge in [-0.05, 0) is 39.0 Å². The van der Waals surface area contributed by atoms with E-state index >= 15 is 0 Å². The van der Waals surface area contributed by atoms with E-state index in [0.717, 1.165) is 24.8 Å². The summed E-state index contributed by atoms with van der Waals surface area (Å²) in [5, 5.41) is 23.8. The van der Waals surface area contributed by atoms with E-state index in [1.54, 1.807) is 26.8 Å². The Kier molecular flexibility index (Phi) is 8.36. The van der Waals surface area contributed by atoms with Crippen LogP contribution in [-0.4, -0.2) is 45.9 Å². The van der Waals surface area contributed by atoms with Gasteiger partial charge in [0.1, 0.15) is 11.8 Å². The predicted molar refractivity (Wildman–Crippen MR) is 104 cm³/mol. The third-order valence-electron chi connectivity index (χ3n) is 5.79. The largest absolute Gasteiger partial charge is 0.392 e. The minimum atomic E-state index is -1.21. The molecule has 3 N–H and O–H groups in total. The fourth-order valence-electron chi connectivity index (χ4n) is 3.56. The molecule has 0 aromatic carbocycles. The summed E-state index contributed by atoms with van der Waals surface area (Å²) in [6, 6.07) is -0.740. The molecule has 27 heavy (non-hydrogen) atoms. The molecule has 0 aromatic heterocycles.